The smallest absolute Gasteiger partial charge is 0.120 e. The Labute approximate surface area is 409 Å². The van der Waals surface area contributed by atoms with Crippen LogP contribution >= 0.6 is 22.7 Å². The molecule has 1 unspecified atom stereocenters. The van der Waals surface area contributed by atoms with E-state index in [0.717, 1.165) is 6.54 Å². The largest absolute Gasteiger partial charge is 0.340 e. The summed E-state index contributed by atoms with van der Waals surface area (Å²) in [7, 11) is -3.90. The number of aromatic nitrogens is 1. The Morgan fingerprint density at radius 2 is 0.769 bits per heavy atom. The molecule has 0 radical (unpaired) electrons. The Bertz CT molecular complexity index is 2010. The van der Waals surface area contributed by atoms with Crippen LogP contribution in [-0.4, -0.2) is 20.7 Å². The van der Waals surface area contributed by atoms with Crippen LogP contribution < -0.4 is 20.7 Å². The third-order valence-corrected chi connectivity index (χ3v) is 29.7. The normalized spacial score (nSPS) is 15.0. The summed E-state index contributed by atoms with van der Waals surface area (Å²) < 4.78 is 2.89. The number of fused-ring (bicyclic) bond motifs is 9. The predicted molar refractivity (Wildman–Crippen MR) is 302 cm³/mol. The second kappa shape index (κ2) is 25.6. The highest BCUT2D eigenvalue weighted by molar-refractivity contribution is 7.21. The number of benzene rings is 2. The molecule has 358 valence electrons. The Balaban J connectivity index is 1.38. The lowest BCUT2D eigenvalue weighted by Gasteiger charge is -2.30. The third-order valence-electron chi connectivity index (χ3n) is 16.8. The molecule has 5 heterocycles. The minimum atomic E-state index is -1.95. The zero-order chi connectivity index (χ0) is 45.5. The van der Waals surface area contributed by atoms with E-state index in [1.165, 1.54) is 204 Å². The van der Waals surface area contributed by atoms with Crippen molar-refractivity contribution in [1.82, 2.24) is 4.57 Å². The predicted octanol–water partition coefficient (Wildman–Crippen LogP) is 18.7. The molecule has 0 saturated carbocycles. The number of unbranched alkanes of at least 4 members (excludes halogenated alkanes) is 21. The molecule has 2 aromatic carbocycles. The third kappa shape index (κ3) is 11.4. The number of nitrogens with zero attached hydrogens (tertiary/aromatic N) is 1. The average molecular weight is 949 g/mol. The first-order valence-corrected chi connectivity index (χ1v) is 34.9. The topological polar surface area (TPSA) is 4.93 Å². The fourth-order valence-corrected chi connectivity index (χ4v) is 27.4. The Morgan fingerprint density at radius 3 is 1.12 bits per heavy atom. The fourth-order valence-electron chi connectivity index (χ4n) is 13.0. The van der Waals surface area contributed by atoms with E-state index < -0.39 is 16.1 Å². The van der Waals surface area contributed by atoms with Gasteiger partial charge in [-0.15, -0.1) is 22.7 Å². The second-order valence-electron chi connectivity index (χ2n) is 21.4. The van der Waals surface area contributed by atoms with Gasteiger partial charge in [0.1, 0.15) is 16.1 Å². The van der Waals surface area contributed by atoms with E-state index in [9.17, 15) is 0 Å². The average Bonchev–Trinajstić information content (AvgIpc) is 4.15. The van der Waals surface area contributed by atoms with Gasteiger partial charge < -0.3 is 4.57 Å². The summed E-state index contributed by atoms with van der Waals surface area (Å²) in [5, 5.41) is 15.5. The van der Waals surface area contributed by atoms with Crippen molar-refractivity contribution < 1.29 is 0 Å². The van der Waals surface area contributed by atoms with Crippen LogP contribution in [0.3, 0.4) is 0 Å². The lowest BCUT2D eigenvalue weighted by molar-refractivity contribution is 0.401. The van der Waals surface area contributed by atoms with Crippen molar-refractivity contribution in [3.05, 3.63) is 47.2 Å². The highest BCUT2D eigenvalue weighted by atomic mass is 32.1. The van der Waals surface area contributed by atoms with E-state index >= 15 is 0 Å². The SMILES string of the molecule is CCCCCCCC[Si]1(CCCCCCCC)c2cc3c4cc5c(cc4n(CC(CC)CCCC)c3cc2-c2sccc21)-c1sccc1[Si]5(CCCCCCCC)CCCCCCCC. The molecule has 0 spiro atoms. The molecule has 0 bridgehead atoms. The minimum absolute atomic E-state index is 0.715. The summed E-state index contributed by atoms with van der Waals surface area (Å²) in [6.07, 6.45) is 38.8. The van der Waals surface area contributed by atoms with Crippen molar-refractivity contribution in [3.63, 3.8) is 0 Å². The molecule has 0 fully saturated rings. The van der Waals surface area contributed by atoms with Crippen LogP contribution in [0.4, 0.5) is 0 Å². The first-order valence-electron chi connectivity index (χ1n) is 28.3. The van der Waals surface area contributed by atoms with E-state index in [2.05, 4.69) is 116 Å². The molecule has 7 rings (SSSR count). The maximum absolute atomic E-state index is 2.91. The number of rotatable bonds is 34. The fraction of sp³-hybridized carbons (Fsp3) is 0.667. The van der Waals surface area contributed by atoms with Crippen molar-refractivity contribution in [2.45, 2.75) is 252 Å². The first kappa shape index (κ1) is 50.9. The van der Waals surface area contributed by atoms with Gasteiger partial charge in [0.15, 0.2) is 0 Å². The Morgan fingerprint density at radius 1 is 0.415 bits per heavy atom. The summed E-state index contributed by atoms with van der Waals surface area (Å²) in [6.45, 7) is 15.5. The van der Waals surface area contributed by atoms with Gasteiger partial charge in [-0.25, -0.2) is 0 Å². The van der Waals surface area contributed by atoms with Crippen molar-refractivity contribution in [2.75, 3.05) is 0 Å². The highest BCUT2D eigenvalue weighted by Crippen LogP contribution is 2.45. The van der Waals surface area contributed by atoms with Gasteiger partial charge in [-0.05, 0) is 91.3 Å². The molecule has 0 saturated heterocycles. The van der Waals surface area contributed by atoms with Crippen LogP contribution in [0, 0.1) is 5.92 Å². The Kier molecular flexibility index (Phi) is 20.1. The van der Waals surface area contributed by atoms with Gasteiger partial charge in [0.25, 0.3) is 0 Å². The van der Waals surface area contributed by atoms with Crippen LogP contribution in [0.2, 0.25) is 24.2 Å². The van der Waals surface area contributed by atoms with E-state index in [-0.39, 0.29) is 0 Å². The number of thiophene rings is 2. The van der Waals surface area contributed by atoms with E-state index in [0.29, 0.717) is 5.92 Å². The van der Waals surface area contributed by atoms with Crippen molar-refractivity contribution in [2.24, 2.45) is 5.92 Å². The molecule has 65 heavy (non-hydrogen) atoms. The molecular weight excluding hydrogens is 855 g/mol. The van der Waals surface area contributed by atoms with Crippen molar-refractivity contribution in [1.29, 1.82) is 0 Å². The molecule has 2 aliphatic heterocycles. The monoisotopic (exact) mass is 948 g/mol. The molecule has 3 aromatic heterocycles. The van der Waals surface area contributed by atoms with Gasteiger partial charge in [-0.1, -0.05) is 239 Å². The van der Waals surface area contributed by atoms with Crippen LogP contribution in [0.5, 0.6) is 0 Å². The standard InChI is InChI=1S/C60H93NS2Si2/c1-7-13-18-22-26-30-39-64(40-31-27-23-19-14-8-2)55-35-37-62-59(55)51-43-53-49(45-57(51)64)50-46-58-52(44-54(50)61(53)47-48(12-6)34-17-11-5)60-56(36-38-63-60)65(58,41-32-28-24-20-15-9-3)42-33-29-25-21-16-10-4/h35-38,43-46,48H,7-34,39-42,47H2,1-6H3. The van der Waals surface area contributed by atoms with Gasteiger partial charge in [0.05, 0.1) is 0 Å². The second-order valence-corrected chi connectivity index (χ2v) is 31.7. The van der Waals surface area contributed by atoms with Crippen molar-refractivity contribution >= 4 is 81.4 Å². The summed E-state index contributed by atoms with van der Waals surface area (Å²) >= 11 is 4.16. The van der Waals surface area contributed by atoms with Gasteiger partial charge in [0.2, 0.25) is 0 Å². The quantitative estimate of drug-likeness (QED) is 0.0286. The van der Waals surface area contributed by atoms with Gasteiger partial charge in [-0.2, -0.15) is 0 Å². The van der Waals surface area contributed by atoms with E-state index in [4.69, 9.17) is 0 Å². The number of hydrogen-bond acceptors (Lipinski definition) is 2. The zero-order valence-electron chi connectivity index (χ0n) is 42.8. The van der Waals surface area contributed by atoms with Gasteiger partial charge >= 0.3 is 0 Å². The van der Waals surface area contributed by atoms with Gasteiger partial charge in [0, 0.05) is 38.1 Å². The zero-order valence-corrected chi connectivity index (χ0v) is 46.4. The lowest BCUT2D eigenvalue weighted by atomic mass is 9.99. The maximum Gasteiger partial charge on any atom is 0.120 e. The summed E-state index contributed by atoms with van der Waals surface area (Å²) in [4.78, 5) is 3.32. The van der Waals surface area contributed by atoms with Crippen LogP contribution in [0.15, 0.2) is 47.2 Å². The molecular formula is C60H93NS2Si2. The first-order chi connectivity index (χ1) is 32.0. The lowest BCUT2D eigenvalue weighted by Crippen LogP contribution is -2.54. The number of hydrogen-bond donors (Lipinski definition) is 0. The molecule has 5 aromatic rings. The van der Waals surface area contributed by atoms with E-state index in [1.54, 1.807) is 42.7 Å². The molecule has 1 atom stereocenters. The van der Waals surface area contributed by atoms with E-state index in [1.807, 2.05) is 20.7 Å². The van der Waals surface area contributed by atoms with Crippen LogP contribution in [-0.2, 0) is 6.54 Å². The molecule has 0 aliphatic carbocycles. The minimum Gasteiger partial charge on any atom is -0.340 e. The highest BCUT2D eigenvalue weighted by Gasteiger charge is 2.48. The molecule has 1 nitrogen and oxygen atoms in total. The molecule has 2 aliphatic rings. The summed E-state index contributed by atoms with van der Waals surface area (Å²) in [5.41, 5.74) is 6.40. The van der Waals surface area contributed by atoms with Crippen LogP contribution in [0.25, 0.3) is 42.7 Å². The van der Waals surface area contributed by atoms with Gasteiger partial charge in [-0.3, -0.25) is 0 Å². The molecule has 0 N–H and O–H groups in total. The summed E-state index contributed by atoms with van der Waals surface area (Å²) in [6, 6.07) is 22.5. The molecule has 0 amide bonds. The summed E-state index contributed by atoms with van der Waals surface area (Å²) in [5.74, 6) is 0.715. The Hall–Kier alpha value is -1.93. The molecule has 5 heteroatoms. The van der Waals surface area contributed by atoms with Crippen molar-refractivity contribution in [3.8, 4) is 20.9 Å². The van der Waals surface area contributed by atoms with Crippen LogP contribution in [0.1, 0.15) is 221 Å². The maximum atomic E-state index is 2.91.